The van der Waals surface area contributed by atoms with Gasteiger partial charge in [-0.05, 0) is 43.2 Å². The minimum absolute atomic E-state index is 0.124. The van der Waals surface area contributed by atoms with Gasteiger partial charge in [0, 0.05) is 18.3 Å². The van der Waals surface area contributed by atoms with Crippen LogP contribution in [0.2, 0.25) is 5.02 Å². The van der Waals surface area contributed by atoms with Crippen LogP contribution in [0, 0.1) is 13.8 Å². The van der Waals surface area contributed by atoms with Crippen LogP contribution in [0.4, 0.5) is 0 Å². The second kappa shape index (κ2) is 8.73. The van der Waals surface area contributed by atoms with E-state index in [4.69, 9.17) is 16.3 Å². The summed E-state index contributed by atoms with van der Waals surface area (Å²) in [5.41, 5.74) is 3.86. The zero-order valence-corrected chi connectivity index (χ0v) is 16.2. The Kier molecular flexibility index (Phi) is 6.14. The lowest BCUT2D eigenvalue weighted by atomic mass is 10.1. The largest absolute Gasteiger partial charge is 0.489 e. The molecule has 0 spiro atoms. The molecular weight excluding hydrogens is 362 g/mol. The molecule has 6 heteroatoms. The molecule has 140 valence electrons. The van der Waals surface area contributed by atoms with Crippen LogP contribution in [0.15, 0.2) is 54.9 Å². The zero-order valence-electron chi connectivity index (χ0n) is 15.4. The highest BCUT2D eigenvalue weighted by atomic mass is 35.5. The molecule has 0 aliphatic heterocycles. The van der Waals surface area contributed by atoms with Crippen molar-refractivity contribution in [3.8, 4) is 5.75 Å². The van der Waals surface area contributed by atoms with Crippen molar-refractivity contribution in [3.63, 3.8) is 0 Å². The maximum Gasteiger partial charge on any atom is 0.251 e. The molecule has 1 N–H and O–H groups in total. The van der Waals surface area contributed by atoms with Gasteiger partial charge in [-0.1, -0.05) is 41.4 Å². The number of carbonyl (C=O) groups excluding carboxylic acids is 1. The quantitative estimate of drug-likeness (QED) is 0.666. The first kappa shape index (κ1) is 19.0. The Morgan fingerprint density at radius 2 is 2.07 bits per heavy atom. The van der Waals surface area contributed by atoms with E-state index in [1.54, 1.807) is 23.1 Å². The number of hydrogen-bond acceptors (Lipinski definition) is 3. The fraction of sp³-hybridized carbons (Fsp3) is 0.238. The van der Waals surface area contributed by atoms with Crippen LogP contribution >= 0.6 is 11.6 Å². The fourth-order valence-corrected chi connectivity index (χ4v) is 2.93. The summed E-state index contributed by atoms with van der Waals surface area (Å²) in [5.74, 6) is 0.731. The monoisotopic (exact) mass is 383 g/mol. The number of amides is 1. The summed E-state index contributed by atoms with van der Waals surface area (Å²) in [7, 11) is 0. The first-order valence-electron chi connectivity index (χ1n) is 8.76. The average Bonchev–Trinajstić information content (AvgIpc) is 3.06. The molecule has 5 nitrogen and oxygen atoms in total. The van der Waals surface area contributed by atoms with Gasteiger partial charge in [0.1, 0.15) is 12.4 Å². The summed E-state index contributed by atoms with van der Waals surface area (Å²) in [6.07, 6.45) is 3.29. The molecular formula is C21H22ClN3O2. The van der Waals surface area contributed by atoms with Crippen LogP contribution < -0.4 is 10.1 Å². The first-order chi connectivity index (χ1) is 13.0. The minimum atomic E-state index is -0.124. The number of benzene rings is 2. The maximum atomic E-state index is 12.4. The van der Waals surface area contributed by atoms with Gasteiger partial charge in [0.25, 0.3) is 5.91 Å². The molecule has 2 aromatic carbocycles. The SMILES string of the molecule is Cc1ccc(OCc2cccc(C(=O)NCCn3cc(Cl)cn3)c2)c(C)c1. The smallest absolute Gasteiger partial charge is 0.251 e. The molecule has 0 fully saturated rings. The van der Waals surface area contributed by atoms with Crippen LogP contribution in [0.3, 0.4) is 0 Å². The van der Waals surface area contributed by atoms with E-state index < -0.39 is 0 Å². The van der Waals surface area contributed by atoms with E-state index in [9.17, 15) is 4.79 Å². The van der Waals surface area contributed by atoms with E-state index in [0.29, 0.717) is 30.3 Å². The van der Waals surface area contributed by atoms with Gasteiger partial charge in [0.15, 0.2) is 0 Å². The summed E-state index contributed by atoms with van der Waals surface area (Å²) >= 11 is 5.82. The molecule has 0 aliphatic carbocycles. The van der Waals surface area contributed by atoms with Crippen LogP contribution in [0.25, 0.3) is 0 Å². The number of carbonyl (C=O) groups is 1. The van der Waals surface area contributed by atoms with Crippen molar-refractivity contribution in [1.82, 2.24) is 15.1 Å². The zero-order chi connectivity index (χ0) is 19.2. The number of ether oxygens (including phenoxy) is 1. The molecule has 1 heterocycles. The van der Waals surface area contributed by atoms with Crippen LogP contribution in [0.5, 0.6) is 5.75 Å². The molecule has 0 radical (unpaired) electrons. The molecule has 0 aliphatic rings. The fourth-order valence-electron chi connectivity index (χ4n) is 2.77. The highest BCUT2D eigenvalue weighted by Gasteiger charge is 2.07. The second-order valence-corrected chi connectivity index (χ2v) is 6.87. The predicted octanol–water partition coefficient (Wildman–Crippen LogP) is 4.16. The number of aromatic nitrogens is 2. The summed E-state index contributed by atoms with van der Waals surface area (Å²) < 4.78 is 7.59. The minimum Gasteiger partial charge on any atom is -0.489 e. The highest BCUT2D eigenvalue weighted by Crippen LogP contribution is 2.20. The summed E-state index contributed by atoms with van der Waals surface area (Å²) in [6.45, 7) is 5.53. The number of aryl methyl sites for hydroxylation is 2. The lowest BCUT2D eigenvalue weighted by Gasteiger charge is -2.11. The molecule has 0 saturated carbocycles. The predicted molar refractivity (Wildman–Crippen MR) is 106 cm³/mol. The number of hydrogen-bond donors (Lipinski definition) is 1. The van der Waals surface area contributed by atoms with E-state index in [1.807, 2.05) is 37.3 Å². The number of rotatable bonds is 7. The average molecular weight is 384 g/mol. The summed E-state index contributed by atoms with van der Waals surface area (Å²) in [6, 6.07) is 13.5. The van der Waals surface area contributed by atoms with E-state index in [1.165, 1.54) is 5.56 Å². The molecule has 1 aromatic heterocycles. The normalized spacial score (nSPS) is 10.6. The molecule has 0 atom stereocenters. The Hall–Kier alpha value is -2.79. The van der Waals surface area contributed by atoms with Gasteiger partial charge in [-0.2, -0.15) is 5.10 Å². The molecule has 1 amide bonds. The maximum absolute atomic E-state index is 12.4. The van der Waals surface area contributed by atoms with Crippen molar-refractivity contribution in [1.29, 1.82) is 0 Å². The van der Waals surface area contributed by atoms with E-state index in [-0.39, 0.29) is 5.91 Å². The standard InChI is InChI=1S/C21H22ClN3O2/c1-15-6-7-20(16(2)10-15)27-14-17-4-3-5-18(11-17)21(26)23-8-9-25-13-19(22)12-24-25/h3-7,10-13H,8-9,14H2,1-2H3,(H,23,26). The van der Waals surface area contributed by atoms with Crippen molar-refractivity contribution in [3.05, 3.63) is 82.1 Å². The van der Waals surface area contributed by atoms with Crippen LogP contribution in [-0.2, 0) is 13.2 Å². The Bertz CT molecular complexity index is 937. The number of nitrogens with zero attached hydrogens (tertiary/aromatic N) is 2. The van der Waals surface area contributed by atoms with E-state index >= 15 is 0 Å². The third kappa shape index (κ3) is 5.34. The Balaban J connectivity index is 1.55. The van der Waals surface area contributed by atoms with Gasteiger partial charge in [0.2, 0.25) is 0 Å². The van der Waals surface area contributed by atoms with E-state index in [2.05, 4.69) is 23.4 Å². The number of nitrogens with one attached hydrogen (secondary N) is 1. The lowest BCUT2D eigenvalue weighted by Crippen LogP contribution is -2.27. The second-order valence-electron chi connectivity index (χ2n) is 6.44. The van der Waals surface area contributed by atoms with Gasteiger partial charge in [-0.3, -0.25) is 9.48 Å². The molecule has 0 unspecified atom stereocenters. The third-order valence-corrected chi connectivity index (χ3v) is 4.34. The molecule has 0 bridgehead atoms. The van der Waals surface area contributed by atoms with Crippen molar-refractivity contribution in [2.24, 2.45) is 0 Å². The Morgan fingerprint density at radius 1 is 1.22 bits per heavy atom. The van der Waals surface area contributed by atoms with Crippen molar-refractivity contribution in [2.75, 3.05) is 6.54 Å². The molecule has 0 saturated heterocycles. The van der Waals surface area contributed by atoms with Crippen molar-refractivity contribution < 1.29 is 9.53 Å². The van der Waals surface area contributed by atoms with Gasteiger partial charge >= 0.3 is 0 Å². The first-order valence-corrected chi connectivity index (χ1v) is 9.14. The van der Waals surface area contributed by atoms with Crippen LogP contribution in [0.1, 0.15) is 27.0 Å². The van der Waals surface area contributed by atoms with Gasteiger partial charge in [-0.25, -0.2) is 0 Å². The molecule has 3 aromatic rings. The topological polar surface area (TPSA) is 56.1 Å². The highest BCUT2D eigenvalue weighted by molar-refractivity contribution is 6.30. The van der Waals surface area contributed by atoms with Gasteiger partial charge in [0.05, 0.1) is 17.8 Å². The van der Waals surface area contributed by atoms with Crippen molar-refractivity contribution in [2.45, 2.75) is 27.0 Å². The third-order valence-electron chi connectivity index (χ3n) is 4.14. The molecule has 27 heavy (non-hydrogen) atoms. The van der Waals surface area contributed by atoms with Crippen molar-refractivity contribution >= 4 is 17.5 Å². The summed E-state index contributed by atoms with van der Waals surface area (Å²) in [4.78, 5) is 12.4. The van der Waals surface area contributed by atoms with E-state index in [0.717, 1.165) is 16.9 Å². The van der Waals surface area contributed by atoms with Gasteiger partial charge in [-0.15, -0.1) is 0 Å². The van der Waals surface area contributed by atoms with Crippen LogP contribution in [-0.4, -0.2) is 22.2 Å². The Labute approximate surface area is 163 Å². The summed E-state index contributed by atoms with van der Waals surface area (Å²) in [5, 5.41) is 7.55. The van der Waals surface area contributed by atoms with Gasteiger partial charge < -0.3 is 10.1 Å². The number of halogens is 1. The lowest BCUT2D eigenvalue weighted by molar-refractivity contribution is 0.0951. The molecule has 3 rings (SSSR count). The Morgan fingerprint density at radius 3 is 2.81 bits per heavy atom.